The van der Waals surface area contributed by atoms with Gasteiger partial charge in [0.25, 0.3) is 0 Å². The first-order valence-corrected chi connectivity index (χ1v) is 12.9. The molecule has 0 bridgehead atoms. The number of carbonyl (C=O) groups excluding carboxylic acids is 1. The minimum absolute atomic E-state index is 0. The Bertz CT molecular complexity index is 1550. The summed E-state index contributed by atoms with van der Waals surface area (Å²) in [6.45, 7) is 2.70. The summed E-state index contributed by atoms with van der Waals surface area (Å²) in [6.07, 6.45) is 8.26. The van der Waals surface area contributed by atoms with Gasteiger partial charge in [0.15, 0.2) is 5.78 Å². The number of hydrogen-bond donors (Lipinski definition) is 0. The summed E-state index contributed by atoms with van der Waals surface area (Å²) in [7, 11) is -4.94. The van der Waals surface area contributed by atoms with Crippen LogP contribution in [0.2, 0.25) is 0 Å². The number of ketones is 1. The van der Waals surface area contributed by atoms with Crippen LogP contribution in [-0.2, 0) is 21.9 Å². The number of aromatic nitrogens is 4. The van der Waals surface area contributed by atoms with E-state index in [9.17, 15) is 9.90 Å². The fourth-order valence-corrected chi connectivity index (χ4v) is 3.65. The van der Waals surface area contributed by atoms with Crippen molar-refractivity contribution in [2.75, 3.05) is 0 Å². The molecule has 0 aliphatic rings. The Morgan fingerprint density at radius 1 is 0.585 bits per heavy atom. The van der Waals surface area contributed by atoms with Crippen molar-refractivity contribution in [2.45, 2.75) is 13.8 Å². The van der Waals surface area contributed by atoms with Gasteiger partial charge in [0, 0.05) is 46.3 Å². The van der Waals surface area contributed by atoms with Gasteiger partial charge in [-0.2, -0.15) is 0 Å². The zero-order valence-corrected chi connectivity index (χ0v) is 23.7. The number of benzene rings is 2. The van der Waals surface area contributed by atoms with Crippen LogP contribution in [0.3, 0.4) is 0 Å². The minimum atomic E-state index is -4.94. The van der Waals surface area contributed by atoms with Gasteiger partial charge in [-0.05, 0) is 37.3 Å². The van der Waals surface area contributed by atoms with E-state index in [0.717, 1.165) is 49.7 Å². The predicted molar refractivity (Wildman–Crippen MR) is 139 cm³/mol. The van der Waals surface area contributed by atoms with Gasteiger partial charge in [-0.1, -0.05) is 55.5 Å². The van der Waals surface area contributed by atoms with Gasteiger partial charge < -0.3 is 5.11 Å². The molecular weight excluding hydrogens is 591 g/mol. The van der Waals surface area contributed by atoms with Gasteiger partial charge in [-0.25, -0.2) is 18.6 Å². The first-order valence-electron chi connectivity index (χ1n) is 11.7. The van der Waals surface area contributed by atoms with E-state index in [1.165, 1.54) is 13.8 Å². The number of rotatable bonds is 1. The maximum atomic E-state index is 9.98. The van der Waals surface area contributed by atoms with Crippen molar-refractivity contribution in [3.63, 3.8) is 0 Å². The summed E-state index contributed by atoms with van der Waals surface area (Å²) in [5, 5.41) is 14.5. The van der Waals surface area contributed by atoms with Crippen molar-refractivity contribution in [2.24, 2.45) is 0 Å². The number of fused-ring (bicyclic) bond motifs is 6. The van der Waals surface area contributed by atoms with Gasteiger partial charge in [-0.3, -0.25) is 24.7 Å². The summed E-state index contributed by atoms with van der Waals surface area (Å²) in [5.74, 6) is -0.375. The molecule has 6 aromatic rings. The normalized spacial score (nSPS) is 10.8. The fourth-order valence-electron chi connectivity index (χ4n) is 3.65. The molecule has 4 heterocycles. The second kappa shape index (κ2) is 15.7. The van der Waals surface area contributed by atoms with E-state index in [2.05, 4.69) is 68.5 Å². The van der Waals surface area contributed by atoms with E-state index in [1.54, 1.807) is 24.8 Å². The van der Waals surface area contributed by atoms with E-state index >= 15 is 0 Å². The van der Waals surface area contributed by atoms with Crippen molar-refractivity contribution in [1.29, 1.82) is 0 Å². The molecule has 0 aliphatic heterocycles. The monoisotopic (exact) mass is 613 g/mol. The summed E-state index contributed by atoms with van der Waals surface area (Å²) < 4.78 is 34.0. The van der Waals surface area contributed by atoms with E-state index in [0.29, 0.717) is 0 Å². The second-order valence-corrected chi connectivity index (χ2v) is 8.93. The SMILES string of the molecule is CC(=O)/C=C(/C)[O-].[Mn+2].[O-][Cl+3]([O-])([O-])[O-].c1cnc2c(c1)ccc1cccnc12.c1cnc2c(c1)ccc1cccnc12. The van der Waals surface area contributed by atoms with Gasteiger partial charge in [0.05, 0.1) is 22.1 Å². The average Bonchev–Trinajstić information content (AvgIpc) is 2.92. The van der Waals surface area contributed by atoms with Gasteiger partial charge >= 0.3 is 17.1 Å². The summed E-state index contributed by atoms with van der Waals surface area (Å²) in [4.78, 5) is 27.4. The first kappa shape index (κ1) is 33.1. The quantitative estimate of drug-likeness (QED) is 0.110. The molecule has 0 amide bonds. The standard InChI is InChI=1S/2C12H8N2.C5H8O2.ClHO4.Mn/c2*1-3-9-5-6-10-4-2-8-14-12(10)11(9)13-7-1;1-4(6)3-5(2)7;2-1(3,4)5;/h2*1-8H;3,6H,1-2H3;(H,2,3,4,5);/q;;;;+2/p-2/b;;4-3-;;. The molecule has 0 aliphatic carbocycles. The second-order valence-electron chi connectivity index (χ2n) is 8.18. The molecule has 0 spiro atoms. The molecule has 2 aromatic carbocycles. The molecule has 0 atom stereocenters. The van der Waals surface area contributed by atoms with Crippen LogP contribution in [0, 0.1) is 10.2 Å². The number of allylic oxidation sites excluding steroid dienone is 2. The average molecular weight is 614 g/mol. The topological polar surface area (TPSA) is 184 Å². The summed E-state index contributed by atoms with van der Waals surface area (Å²) in [6, 6.07) is 24.3. The Hall–Kier alpha value is -4.06. The summed E-state index contributed by atoms with van der Waals surface area (Å²) in [5.41, 5.74) is 3.91. The Labute approximate surface area is 247 Å². The Kier molecular flexibility index (Phi) is 12.7. The van der Waals surface area contributed by atoms with Crippen LogP contribution in [-0.4, -0.2) is 25.7 Å². The van der Waals surface area contributed by atoms with Gasteiger partial charge in [0.1, 0.15) is 0 Å². The molecule has 0 N–H and O–H groups in total. The van der Waals surface area contributed by atoms with Crippen LogP contribution >= 0.6 is 0 Å². The molecule has 0 saturated heterocycles. The first-order chi connectivity index (χ1) is 19.0. The predicted octanol–water partition coefficient (Wildman–Crippen LogP) is 0.647. The van der Waals surface area contributed by atoms with Crippen LogP contribution in [0.25, 0.3) is 43.6 Å². The molecule has 0 fully saturated rings. The maximum absolute atomic E-state index is 9.98. The molecular formula is C29H23ClMnN4O6. The van der Waals surface area contributed by atoms with Crippen molar-refractivity contribution in [1.82, 2.24) is 19.9 Å². The van der Waals surface area contributed by atoms with E-state index in [-0.39, 0.29) is 28.6 Å². The third-order valence-corrected chi connectivity index (χ3v) is 5.10. The molecule has 1 radical (unpaired) electrons. The number of carbonyl (C=O) groups is 1. The zero-order chi connectivity index (χ0) is 29.1. The number of halogens is 1. The van der Waals surface area contributed by atoms with Crippen LogP contribution in [0.1, 0.15) is 13.8 Å². The molecule has 10 nitrogen and oxygen atoms in total. The van der Waals surface area contributed by atoms with Crippen molar-refractivity contribution >= 4 is 49.4 Å². The van der Waals surface area contributed by atoms with Gasteiger partial charge in [0.2, 0.25) is 0 Å². The van der Waals surface area contributed by atoms with Crippen LogP contribution < -0.4 is 23.7 Å². The number of hydrogen-bond acceptors (Lipinski definition) is 10. The minimum Gasteiger partial charge on any atom is -0.876 e. The van der Waals surface area contributed by atoms with E-state index in [4.69, 9.17) is 18.6 Å². The third kappa shape index (κ3) is 10.8. The molecule has 0 unspecified atom stereocenters. The Balaban J connectivity index is 0.000000206. The zero-order valence-electron chi connectivity index (χ0n) is 21.8. The third-order valence-electron chi connectivity index (χ3n) is 5.10. The molecule has 12 heteroatoms. The van der Waals surface area contributed by atoms with Crippen molar-refractivity contribution in [3.05, 3.63) is 109 Å². The van der Waals surface area contributed by atoms with E-state index in [1.807, 2.05) is 24.3 Å². The summed E-state index contributed by atoms with van der Waals surface area (Å²) >= 11 is 0. The fraction of sp³-hybridized carbons (Fsp3) is 0.0690. The smallest absolute Gasteiger partial charge is 0.876 e. The van der Waals surface area contributed by atoms with Crippen molar-refractivity contribution in [3.8, 4) is 0 Å². The molecule has 0 saturated carbocycles. The molecule has 6 rings (SSSR count). The number of nitrogens with zero attached hydrogens (tertiary/aromatic N) is 4. The largest absolute Gasteiger partial charge is 2.00 e. The van der Waals surface area contributed by atoms with Crippen LogP contribution in [0.15, 0.2) is 109 Å². The van der Waals surface area contributed by atoms with Crippen molar-refractivity contribution < 1.29 is 55.8 Å². The molecule has 41 heavy (non-hydrogen) atoms. The molecule has 4 aromatic heterocycles. The molecule has 209 valence electrons. The maximum Gasteiger partial charge on any atom is 2.00 e. The van der Waals surface area contributed by atoms with Crippen LogP contribution in [0.5, 0.6) is 0 Å². The van der Waals surface area contributed by atoms with Gasteiger partial charge in [-0.15, -0.1) is 16.0 Å². The Morgan fingerprint density at radius 2 is 0.829 bits per heavy atom. The number of pyridine rings is 4. The van der Waals surface area contributed by atoms with E-state index < -0.39 is 10.2 Å². The Morgan fingerprint density at radius 3 is 1.00 bits per heavy atom. The van der Waals surface area contributed by atoms with Crippen LogP contribution in [0.4, 0.5) is 0 Å².